The van der Waals surface area contributed by atoms with Crippen molar-refractivity contribution in [1.29, 1.82) is 0 Å². The molecule has 0 saturated heterocycles. The van der Waals surface area contributed by atoms with Crippen LogP contribution in [-0.4, -0.2) is 23.3 Å². The maximum Gasteiger partial charge on any atom is 0.387 e. The Morgan fingerprint density at radius 3 is 2.83 bits per heavy atom. The summed E-state index contributed by atoms with van der Waals surface area (Å²) < 4.78 is 33.8. The highest BCUT2D eigenvalue weighted by molar-refractivity contribution is 5.62. The Balaban J connectivity index is 2.30. The number of alkyl halides is 2. The molecule has 0 unspecified atom stereocenters. The molecule has 2 N–H and O–H groups in total. The lowest BCUT2D eigenvalue weighted by molar-refractivity contribution is -0.0495. The van der Waals surface area contributed by atoms with Gasteiger partial charge in [0, 0.05) is 6.42 Å². The zero-order valence-electron chi connectivity index (χ0n) is 9.35. The van der Waals surface area contributed by atoms with Gasteiger partial charge in [-0.15, -0.1) is 0 Å². The van der Waals surface area contributed by atoms with Crippen LogP contribution in [0.4, 0.5) is 8.78 Å². The van der Waals surface area contributed by atoms with Crippen LogP contribution in [0.1, 0.15) is 5.82 Å². The Hall–Kier alpha value is -2.02. The minimum Gasteiger partial charge on any atom is -0.434 e. The molecule has 0 fully saturated rings. The summed E-state index contributed by atoms with van der Waals surface area (Å²) in [6.45, 7) is -2.52. The molecule has 0 aliphatic carbocycles. The zero-order chi connectivity index (χ0) is 13.0. The van der Waals surface area contributed by atoms with Crippen LogP contribution in [0.2, 0.25) is 0 Å². The van der Waals surface area contributed by atoms with Crippen molar-refractivity contribution < 1.29 is 18.0 Å². The molecule has 96 valence electrons. The summed E-state index contributed by atoms with van der Waals surface area (Å²) >= 11 is 0. The van der Waals surface area contributed by atoms with E-state index in [2.05, 4.69) is 14.9 Å². The smallest absolute Gasteiger partial charge is 0.387 e. The van der Waals surface area contributed by atoms with Gasteiger partial charge in [-0.3, -0.25) is 0 Å². The van der Waals surface area contributed by atoms with E-state index < -0.39 is 6.61 Å². The van der Waals surface area contributed by atoms with Crippen molar-refractivity contribution in [2.45, 2.75) is 13.0 Å². The number of hydrogen-bond acceptors (Lipinski definition) is 5. The Morgan fingerprint density at radius 1 is 1.33 bits per heavy atom. The van der Waals surface area contributed by atoms with Crippen molar-refractivity contribution in [2.75, 3.05) is 6.54 Å². The van der Waals surface area contributed by atoms with Gasteiger partial charge < -0.3 is 15.0 Å². The lowest BCUT2D eigenvalue weighted by Gasteiger charge is -2.06. The van der Waals surface area contributed by atoms with Gasteiger partial charge in [-0.25, -0.2) is 0 Å². The Morgan fingerprint density at radius 2 is 2.11 bits per heavy atom. The van der Waals surface area contributed by atoms with Gasteiger partial charge in [0.25, 0.3) is 5.89 Å². The van der Waals surface area contributed by atoms with Crippen molar-refractivity contribution in [1.82, 2.24) is 10.1 Å². The van der Waals surface area contributed by atoms with E-state index in [9.17, 15) is 8.78 Å². The molecule has 1 heterocycles. The number of hydrogen-bond donors (Lipinski definition) is 1. The molecule has 0 saturated carbocycles. The summed E-state index contributed by atoms with van der Waals surface area (Å²) in [5, 5.41) is 3.69. The monoisotopic (exact) mass is 255 g/mol. The topological polar surface area (TPSA) is 74.2 Å². The molecule has 2 aromatic rings. The minimum absolute atomic E-state index is 0.00421. The number of ether oxygens (including phenoxy) is 1. The number of aromatic nitrogens is 2. The second-order valence-corrected chi connectivity index (χ2v) is 3.43. The molecule has 0 bridgehead atoms. The van der Waals surface area contributed by atoms with Crippen LogP contribution in [0, 0.1) is 0 Å². The van der Waals surface area contributed by atoms with E-state index in [0.29, 0.717) is 24.4 Å². The SMILES string of the molecule is NCCc1noc(-c2ccccc2OC(F)F)n1. The number of para-hydroxylation sites is 1. The predicted molar refractivity (Wildman–Crippen MR) is 59.1 cm³/mol. The molecule has 1 aromatic heterocycles. The van der Waals surface area contributed by atoms with Gasteiger partial charge in [-0.1, -0.05) is 17.3 Å². The van der Waals surface area contributed by atoms with E-state index in [1.54, 1.807) is 18.2 Å². The third-order valence-electron chi connectivity index (χ3n) is 2.17. The molecular formula is C11H11F2N3O2. The van der Waals surface area contributed by atoms with Gasteiger partial charge >= 0.3 is 6.61 Å². The summed E-state index contributed by atoms with van der Waals surface area (Å²) in [5.74, 6) is 0.560. The van der Waals surface area contributed by atoms with Crippen LogP contribution in [0.3, 0.4) is 0 Å². The molecular weight excluding hydrogens is 244 g/mol. The molecule has 0 aliphatic heterocycles. The van der Waals surface area contributed by atoms with Crippen molar-refractivity contribution >= 4 is 0 Å². The zero-order valence-corrected chi connectivity index (χ0v) is 9.35. The molecule has 0 aliphatic rings. The Bertz CT molecular complexity index is 516. The van der Waals surface area contributed by atoms with Crippen LogP contribution in [-0.2, 0) is 6.42 Å². The van der Waals surface area contributed by atoms with Gasteiger partial charge in [0.05, 0.1) is 5.56 Å². The van der Waals surface area contributed by atoms with E-state index in [1.165, 1.54) is 6.07 Å². The Labute approximate surface area is 102 Å². The van der Waals surface area contributed by atoms with E-state index in [4.69, 9.17) is 10.3 Å². The van der Waals surface area contributed by atoms with Crippen molar-refractivity contribution in [3.63, 3.8) is 0 Å². The number of benzene rings is 1. The summed E-state index contributed by atoms with van der Waals surface area (Å²) in [6.07, 6.45) is 0.460. The van der Waals surface area contributed by atoms with Crippen molar-refractivity contribution in [3.8, 4) is 17.2 Å². The predicted octanol–water partition coefficient (Wildman–Crippen LogP) is 1.84. The molecule has 0 atom stereocenters. The lowest BCUT2D eigenvalue weighted by atomic mass is 10.2. The number of halogens is 2. The minimum atomic E-state index is -2.91. The summed E-state index contributed by atoms with van der Waals surface area (Å²) in [5.41, 5.74) is 5.69. The maximum atomic E-state index is 12.2. The van der Waals surface area contributed by atoms with Crippen LogP contribution in [0.15, 0.2) is 28.8 Å². The largest absolute Gasteiger partial charge is 0.434 e. The maximum absolute atomic E-state index is 12.2. The molecule has 0 amide bonds. The third kappa shape index (κ3) is 2.80. The van der Waals surface area contributed by atoms with Crippen LogP contribution in [0.25, 0.3) is 11.5 Å². The highest BCUT2D eigenvalue weighted by Gasteiger charge is 2.15. The second kappa shape index (κ2) is 5.54. The van der Waals surface area contributed by atoms with Gasteiger partial charge in [-0.05, 0) is 18.7 Å². The summed E-state index contributed by atoms with van der Waals surface area (Å²) in [7, 11) is 0. The fourth-order valence-corrected chi connectivity index (χ4v) is 1.44. The van der Waals surface area contributed by atoms with E-state index in [0.717, 1.165) is 0 Å². The quantitative estimate of drug-likeness (QED) is 0.882. The first kappa shape index (κ1) is 12.4. The normalized spacial score (nSPS) is 10.9. The summed E-state index contributed by atoms with van der Waals surface area (Å²) in [4.78, 5) is 4.06. The molecule has 0 spiro atoms. The molecule has 18 heavy (non-hydrogen) atoms. The summed E-state index contributed by atoms with van der Waals surface area (Å²) in [6, 6.07) is 6.23. The van der Waals surface area contributed by atoms with Crippen LogP contribution < -0.4 is 10.5 Å². The fourth-order valence-electron chi connectivity index (χ4n) is 1.44. The first-order valence-electron chi connectivity index (χ1n) is 5.27. The van der Waals surface area contributed by atoms with Gasteiger partial charge in [0.15, 0.2) is 5.82 Å². The van der Waals surface area contributed by atoms with E-state index in [1.807, 2.05) is 0 Å². The van der Waals surface area contributed by atoms with Gasteiger partial charge in [0.2, 0.25) is 0 Å². The molecule has 2 rings (SSSR count). The molecule has 5 nitrogen and oxygen atoms in total. The second-order valence-electron chi connectivity index (χ2n) is 3.43. The van der Waals surface area contributed by atoms with Crippen molar-refractivity contribution in [3.05, 3.63) is 30.1 Å². The lowest BCUT2D eigenvalue weighted by Crippen LogP contribution is -2.04. The third-order valence-corrected chi connectivity index (χ3v) is 2.17. The Kier molecular flexibility index (Phi) is 3.83. The average molecular weight is 255 g/mol. The number of nitrogens with two attached hydrogens (primary N) is 1. The average Bonchev–Trinajstić information content (AvgIpc) is 2.78. The number of rotatable bonds is 5. The van der Waals surface area contributed by atoms with Gasteiger partial charge in [-0.2, -0.15) is 13.8 Å². The highest BCUT2D eigenvalue weighted by Crippen LogP contribution is 2.29. The highest BCUT2D eigenvalue weighted by atomic mass is 19.3. The number of nitrogens with zero attached hydrogens (tertiary/aromatic N) is 2. The standard InChI is InChI=1S/C11H11F2N3O2/c12-11(13)17-8-4-2-1-3-7(8)10-15-9(5-6-14)16-18-10/h1-4,11H,5-6,14H2. The van der Waals surface area contributed by atoms with Crippen molar-refractivity contribution in [2.24, 2.45) is 5.73 Å². The fraction of sp³-hybridized carbons (Fsp3) is 0.273. The first-order valence-corrected chi connectivity index (χ1v) is 5.27. The van der Waals surface area contributed by atoms with E-state index in [-0.39, 0.29) is 11.6 Å². The molecule has 1 aromatic carbocycles. The van der Waals surface area contributed by atoms with Crippen LogP contribution in [0.5, 0.6) is 5.75 Å². The molecule has 0 radical (unpaired) electrons. The van der Waals surface area contributed by atoms with E-state index >= 15 is 0 Å². The molecule has 7 heteroatoms. The van der Waals surface area contributed by atoms with Gasteiger partial charge in [0.1, 0.15) is 5.75 Å². The van der Waals surface area contributed by atoms with Crippen LogP contribution >= 0.6 is 0 Å². The first-order chi connectivity index (χ1) is 8.70.